The lowest BCUT2D eigenvalue weighted by Crippen LogP contribution is -2.43. The molecule has 3 aromatic heterocycles. The van der Waals surface area contributed by atoms with E-state index in [1.165, 1.54) is 0 Å². The number of phenolic OH excluding ortho intramolecular Hbond substituents is 1. The summed E-state index contributed by atoms with van der Waals surface area (Å²) >= 11 is 0. The molecule has 0 atom stereocenters. The van der Waals surface area contributed by atoms with Crippen LogP contribution >= 0.6 is 0 Å². The fourth-order valence-electron chi connectivity index (χ4n) is 7.03. The molecular weight excluding hydrogens is 521 g/mol. The number of fused-ring (bicyclic) bond motifs is 4. The molecule has 5 aromatic rings. The molecule has 41 heavy (non-hydrogen) atoms. The van der Waals surface area contributed by atoms with Crippen LogP contribution in [0.5, 0.6) is 11.8 Å². The summed E-state index contributed by atoms with van der Waals surface area (Å²) < 4.78 is 24.9. The Morgan fingerprint density at radius 2 is 1.83 bits per heavy atom. The summed E-state index contributed by atoms with van der Waals surface area (Å²) in [6, 6.07) is 13.0. The van der Waals surface area contributed by atoms with Crippen LogP contribution in [0.4, 0.5) is 10.2 Å². The summed E-state index contributed by atoms with van der Waals surface area (Å²) in [4.78, 5) is 18.7. The largest absolute Gasteiger partial charge is 0.508 e. The molecule has 3 aliphatic heterocycles. The highest BCUT2D eigenvalue weighted by molar-refractivity contribution is 5.99. The number of phenols is 1. The van der Waals surface area contributed by atoms with E-state index in [-0.39, 0.29) is 28.5 Å². The highest BCUT2D eigenvalue weighted by Crippen LogP contribution is 2.40. The van der Waals surface area contributed by atoms with Crippen molar-refractivity contribution in [1.82, 2.24) is 29.6 Å². The van der Waals surface area contributed by atoms with E-state index in [0.717, 1.165) is 55.2 Å². The lowest BCUT2D eigenvalue weighted by Gasteiger charge is -2.32. The van der Waals surface area contributed by atoms with Crippen molar-refractivity contribution in [2.75, 3.05) is 31.1 Å². The van der Waals surface area contributed by atoms with Gasteiger partial charge in [0.15, 0.2) is 5.82 Å². The molecule has 2 saturated heterocycles. The number of benzene rings is 2. The molecule has 0 amide bonds. The van der Waals surface area contributed by atoms with E-state index < -0.39 is 5.82 Å². The van der Waals surface area contributed by atoms with Crippen molar-refractivity contribution in [1.29, 1.82) is 0 Å². The van der Waals surface area contributed by atoms with Gasteiger partial charge in [-0.25, -0.2) is 4.39 Å². The first-order valence-corrected chi connectivity index (χ1v) is 14.3. The number of aromatic nitrogens is 5. The number of nitrogens with zero attached hydrogens (tertiary/aromatic N) is 7. The van der Waals surface area contributed by atoms with Crippen molar-refractivity contribution < 1.29 is 14.2 Å². The highest BCUT2D eigenvalue weighted by Gasteiger charge is 2.45. The topological polar surface area (TPSA) is 92.4 Å². The summed E-state index contributed by atoms with van der Waals surface area (Å²) in [5.41, 5.74) is 1.88. The summed E-state index contributed by atoms with van der Waals surface area (Å²) in [6.45, 7) is 4.63. The van der Waals surface area contributed by atoms with Crippen LogP contribution in [-0.4, -0.2) is 66.5 Å². The molecule has 0 unspecified atom stereocenters. The number of hydrogen-bond donors (Lipinski definition) is 1. The quantitative estimate of drug-likeness (QED) is 0.329. The third kappa shape index (κ3) is 4.00. The van der Waals surface area contributed by atoms with Crippen LogP contribution in [0.15, 0.2) is 54.9 Å². The molecule has 0 aliphatic carbocycles. The molecule has 2 fully saturated rings. The van der Waals surface area contributed by atoms with Crippen LogP contribution in [0.2, 0.25) is 0 Å². The molecular formula is C31H30FN7O2. The molecule has 2 aromatic carbocycles. The van der Waals surface area contributed by atoms with Gasteiger partial charge in [-0.05, 0) is 67.7 Å². The Bertz CT molecular complexity index is 1790. The number of hydrogen-bond acceptors (Lipinski definition) is 8. The number of aromatic hydroxyl groups is 1. The summed E-state index contributed by atoms with van der Waals surface area (Å²) in [6.07, 6.45) is 7.96. The zero-order valence-corrected chi connectivity index (χ0v) is 22.6. The number of halogens is 1. The van der Waals surface area contributed by atoms with Gasteiger partial charge in [0.1, 0.15) is 29.4 Å². The summed E-state index contributed by atoms with van der Waals surface area (Å²) in [5.74, 6) is 0.0907. The van der Waals surface area contributed by atoms with E-state index in [1.54, 1.807) is 24.5 Å². The Morgan fingerprint density at radius 3 is 2.71 bits per heavy atom. The SMILES string of the molecule is Oc1cc(-c2ncc3c(N4CCn5nccc5C4)nc(OCC45CCCN4CCC5)nc3c2F)c2ccccc2c1. The van der Waals surface area contributed by atoms with E-state index in [4.69, 9.17) is 9.72 Å². The van der Waals surface area contributed by atoms with Gasteiger partial charge in [0.05, 0.1) is 29.7 Å². The van der Waals surface area contributed by atoms with Crippen molar-refractivity contribution in [2.45, 2.75) is 44.3 Å². The Labute approximate surface area is 236 Å². The predicted octanol–water partition coefficient (Wildman–Crippen LogP) is 4.91. The van der Waals surface area contributed by atoms with Gasteiger partial charge in [0, 0.05) is 24.5 Å². The Hall–Kier alpha value is -4.31. The van der Waals surface area contributed by atoms with Gasteiger partial charge in [0.2, 0.25) is 0 Å². The van der Waals surface area contributed by atoms with E-state index in [9.17, 15) is 5.11 Å². The van der Waals surface area contributed by atoms with Crippen LogP contribution in [0.1, 0.15) is 31.4 Å². The van der Waals surface area contributed by atoms with Gasteiger partial charge in [-0.1, -0.05) is 24.3 Å². The molecule has 8 rings (SSSR count). The fourth-order valence-corrected chi connectivity index (χ4v) is 7.03. The molecule has 0 saturated carbocycles. The number of pyridine rings is 1. The second-order valence-corrected chi connectivity index (χ2v) is 11.4. The minimum atomic E-state index is -0.560. The van der Waals surface area contributed by atoms with E-state index in [0.29, 0.717) is 43.0 Å². The molecule has 6 heterocycles. The van der Waals surface area contributed by atoms with Crippen LogP contribution in [0, 0.1) is 5.82 Å². The van der Waals surface area contributed by atoms with Crippen LogP contribution in [0.3, 0.4) is 0 Å². The summed E-state index contributed by atoms with van der Waals surface area (Å²) in [7, 11) is 0. The minimum absolute atomic E-state index is 0.0124. The standard InChI is InChI=1S/C31H30FN7O2/c32-26-27(24-16-22(40)15-20-5-1-2-6-23(20)24)33-17-25-28(26)35-30(41-19-31-8-3-11-38(31)12-4-9-31)36-29(25)37-13-14-39-21(18-37)7-10-34-39/h1-2,5-7,10,15-17,40H,3-4,8-9,11-14,18-19H2. The molecule has 3 aliphatic rings. The van der Waals surface area contributed by atoms with E-state index in [1.807, 2.05) is 35.0 Å². The minimum Gasteiger partial charge on any atom is -0.508 e. The first-order valence-electron chi connectivity index (χ1n) is 14.3. The van der Waals surface area contributed by atoms with Crippen molar-refractivity contribution in [3.63, 3.8) is 0 Å². The van der Waals surface area contributed by atoms with Gasteiger partial charge in [-0.3, -0.25) is 14.6 Å². The molecule has 9 nitrogen and oxygen atoms in total. The summed E-state index contributed by atoms with van der Waals surface area (Å²) in [5, 5.41) is 17.0. The van der Waals surface area contributed by atoms with Gasteiger partial charge >= 0.3 is 6.01 Å². The first kappa shape index (κ1) is 24.5. The van der Waals surface area contributed by atoms with Crippen LogP contribution in [-0.2, 0) is 13.1 Å². The maximum atomic E-state index is 16.6. The van der Waals surface area contributed by atoms with Gasteiger partial charge in [0.25, 0.3) is 0 Å². The second-order valence-electron chi connectivity index (χ2n) is 11.4. The molecule has 0 radical (unpaired) electrons. The van der Waals surface area contributed by atoms with Crippen molar-refractivity contribution in [2.24, 2.45) is 0 Å². The maximum Gasteiger partial charge on any atom is 0.319 e. The fraction of sp³-hybridized carbons (Fsp3) is 0.355. The average Bonchev–Trinajstić information content (AvgIpc) is 3.71. The number of anilines is 1. The van der Waals surface area contributed by atoms with Crippen molar-refractivity contribution in [3.8, 4) is 23.0 Å². The van der Waals surface area contributed by atoms with E-state index in [2.05, 4.69) is 24.9 Å². The lowest BCUT2D eigenvalue weighted by atomic mass is 9.95. The van der Waals surface area contributed by atoms with Crippen LogP contribution in [0.25, 0.3) is 32.9 Å². The number of rotatable bonds is 5. The van der Waals surface area contributed by atoms with Gasteiger partial charge in [-0.15, -0.1) is 0 Å². The monoisotopic (exact) mass is 551 g/mol. The average molecular weight is 552 g/mol. The Kier molecular flexibility index (Phi) is 5.60. The zero-order chi connectivity index (χ0) is 27.6. The normalized spacial score (nSPS) is 18.2. The predicted molar refractivity (Wildman–Crippen MR) is 153 cm³/mol. The van der Waals surface area contributed by atoms with Crippen LogP contribution < -0.4 is 9.64 Å². The third-order valence-corrected chi connectivity index (χ3v) is 9.06. The third-order valence-electron chi connectivity index (χ3n) is 9.06. The van der Waals surface area contributed by atoms with Gasteiger partial charge < -0.3 is 14.7 Å². The van der Waals surface area contributed by atoms with Gasteiger partial charge in [-0.2, -0.15) is 15.1 Å². The lowest BCUT2D eigenvalue weighted by molar-refractivity contribution is 0.108. The zero-order valence-electron chi connectivity index (χ0n) is 22.6. The highest BCUT2D eigenvalue weighted by atomic mass is 19.1. The van der Waals surface area contributed by atoms with Crippen molar-refractivity contribution in [3.05, 3.63) is 66.4 Å². The Morgan fingerprint density at radius 1 is 0.976 bits per heavy atom. The molecule has 0 spiro atoms. The molecule has 0 bridgehead atoms. The van der Waals surface area contributed by atoms with Crippen molar-refractivity contribution >= 4 is 27.5 Å². The Balaban J connectivity index is 1.26. The first-order chi connectivity index (χ1) is 20.1. The molecule has 208 valence electrons. The maximum absolute atomic E-state index is 16.6. The van der Waals surface area contributed by atoms with E-state index >= 15 is 4.39 Å². The molecule has 10 heteroatoms. The second kappa shape index (κ2) is 9.37. The number of ether oxygens (including phenoxy) is 1. The smallest absolute Gasteiger partial charge is 0.319 e. The molecule has 1 N–H and O–H groups in total.